The normalized spacial score (nSPS) is 13.2. The third-order valence-corrected chi connectivity index (χ3v) is 6.22. The molecule has 136 valence electrons. The molecule has 26 heavy (non-hydrogen) atoms. The second-order valence-corrected chi connectivity index (χ2v) is 8.10. The quantitative estimate of drug-likeness (QED) is 0.693. The summed E-state index contributed by atoms with van der Waals surface area (Å²) in [4.78, 5) is 4.29. The van der Waals surface area contributed by atoms with E-state index in [-0.39, 0.29) is 18.0 Å². The number of rotatable bonds is 7. The summed E-state index contributed by atoms with van der Waals surface area (Å²) in [6.07, 6.45) is 3.01. The molecule has 0 unspecified atom stereocenters. The number of pyridine rings is 1. The Hall–Kier alpha value is -2.28. The summed E-state index contributed by atoms with van der Waals surface area (Å²) >= 11 is 0. The Bertz CT molecular complexity index is 969. The molecule has 0 aliphatic rings. The summed E-state index contributed by atoms with van der Waals surface area (Å²) in [5.41, 5.74) is 0.876. The molecule has 0 saturated carbocycles. The van der Waals surface area contributed by atoms with E-state index in [2.05, 4.69) is 4.98 Å². The van der Waals surface area contributed by atoms with Crippen molar-refractivity contribution < 1.29 is 13.5 Å². The molecule has 0 amide bonds. The zero-order chi connectivity index (χ0) is 18.6. The van der Waals surface area contributed by atoms with E-state index in [1.54, 1.807) is 30.6 Å². The molecule has 3 aromatic rings. The van der Waals surface area contributed by atoms with Crippen molar-refractivity contribution in [2.45, 2.75) is 30.9 Å². The predicted octanol–water partition coefficient (Wildman–Crippen LogP) is 3.20. The third-order valence-electron chi connectivity index (χ3n) is 4.35. The second-order valence-electron chi connectivity index (χ2n) is 6.20. The summed E-state index contributed by atoms with van der Waals surface area (Å²) in [5, 5.41) is 11.5. The lowest BCUT2D eigenvalue weighted by Crippen LogP contribution is -2.37. The number of fused-ring (bicyclic) bond motifs is 1. The Morgan fingerprint density at radius 3 is 2.58 bits per heavy atom. The van der Waals surface area contributed by atoms with Crippen molar-refractivity contribution in [1.29, 1.82) is 0 Å². The monoisotopic (exact) mass is 370 g/mol. The second kappa shape index (κ2) is 7.95. The Balaban J connectivity index is 2.05. The van der Waals surface area contributed by atoms with Crippen LogP contribution in [0.3, 0.4) is 0 Å². The molecule has 0 bridgehead atoms. The minimum atomic E-state index is -3.79. The lowest BCUT2D eigenvalue weighted by Gasteiger charge is -2.25. The minimum Gasteiger partial charge on any atom is -0.392 e. The van der Waals surface area contributed by atoms with E-state index < -0.39 is 16.1 Å². The van der Waals surface area contributed by atoms with E-state index in [0.717, 1.165) is 10.9 Å². The van der Waals surface area contributed by atoms with E-state index in [0.29, 0.717) is 11.8 Å². The fourth-order valence-electron chi connectivity index (χ4n) is 2.86. The zero-order valence-corrected chi connectivity index (χ0v) is 15.4. The molecule has 3 rings (SSSR count). The highest BCUT2D eigenvalue weighted by Gasteiger charge is 2.28. The molecule has 1 atom stereocenters. The van der Waals surface area contributed by atoms with Gasteiger partial charge in [0.1, 0.15) is 0 Å². The lowest BCUT2D eigenvalue weighted by atomic mass is 10.2. The van der Waals surface area contributed by atoms with Gasteiger partial charge in [0.25, 0.3) is 0 Å². The van der Waals surface area contributed by atoms with E-state index in [1.807, 2.05) is 43.3 Å². The molecule has 0 saturated heterocycles. The van der Waals surface area contributed by atoms with Crippen LogP contribution in [0.25, 0.3) is 10.8 Å². The van der Waals surface area contributed by atoms with Gasteiger partial charge in [-0.05, 0) is 24.1 Å². The Morgan fingerprint density at radius 1 is 1.08 bits per heavy atom. The van der Waals surface area contributed by atoms with E-state index in [1.165, 1.54) is 4.31 Å². The first-order valence-corrected chi connectivity index (χ1v) is 10.0. The number of aromatic nitrogens is 1. The molecular weight excluding hydrogens is 348 g/mol. The van der Waals surface area contributed by atoms with Crippen LogP contribution < -0.4 is 0 Å². The van der Waals surface area contributed by atoms with Gasteiger partial charge in [-0.3, -0.25) is 4.98 Å². The summed E-state index contributed by atoms with van der Waals surface area (Å²) in [7, 11) is -3.79. The molecule has 1 N–H and O–H groups in total. The smallest absolute Gasteiger partial charge is 0.244 e. The average molecular weight is 370 g/mol. The summed E-state index contributed by atoms with van der Waals surface area (Å²) in [5.74, 6) is 0. The van der Waals surface area contributed by atoms with Gasteiger partial charge in [0.2, 0.25) is 10.0 Å². The van der Waals surface area contributed by atoms with E-state index >= 15 is 0 Å². The molecule has 1 heterocycles. The predicted molar refractivity (Wildman–Crippen MR) is 102 cm³/mol. The van der Waals surface area contributed by atoms with Gasteiger partial charge in [0.05, 0.1) is 11.0 Å². The SMILES string of the molecule is CC[C@H](O)CN(Cc1ccccc1)S(=O)(=O)c1cccc2cnccc12. The summed E-state index contributed by atoms with van der Waals surface area (Å²) < 4.78 is 28.1. The van der Waals surface area contributed by atoms with Crippen LogP contribution in [-0.2, 0) is 16.6 Å². The highest BCUT2D eigenvalue weighted by atomic mass is 32.2. The standard InChI is InChI=1S/C20H22N2O3S/c1-2-18(23)15-22(14-16-7-4-3-5-8-16)26(24,25)20-10-6-9-17-13-21-12-11-19(17)20/h3-13,18,23H,2,14-15H2,1H3/t18-/m0/s1. The van der Waals surface area contributed by atoms with Crippen LogP contribution >= 0.6 is 0 Å². The molecule has 0 radical (unpaired) electrons. The molecular formula is C20H22N2O3S. The maximum absolute atomic E-state index is 13.4. The molecule has 0 fully saturated rings. The summed E-state index contributed by atoms with van der Waals surface area (Å²) in [6, 6.07) is 16.3. The van der Waals surface area contributed by atoms with Gasteiger partial charge >= 0.3 is 0 Å². The summed E-state index contributed by atoms with van der Waals surface area (Å²) in [6.45, 7) is 2.10. The first kappa shape index (κ1) is 18.5. The largest absolute Gasteiger partial charge is 0.392 e. The fourth-order valence-corrected chi connectivity index (χ4v) is 4.54. The minimum absolute atomic E-state index is 0.0508. The van der Waals surface area contributed by atoms with Crippen LogP contribution in [0.2, 0.25) is 0 Å². The van der Waals surface area contributed by atoms with Crippen molar-refractivity contribution >= 4 is 20.8 Å². The van der Waals surface area contributed by atoms with Gasteiger partial charge in [0.15, 0.2) is 0 Å². The van der Waals surface area contributed by atoms with E-state index in [9.17, 15) is 13.5 Å². The highest BCUT2D eigenvalue weighted by Crippen LogP contribution is 2.26. The van der Waals surface area contributed by atoms with Crippen LogP contribution in [0, 0.1) is 0 Å². The number of benzene rings is 2. The van der Waals surface area contributed by atoms with Gasteiger partial charge in [-0.25, -0.2) is 8.42 Å². The van der Waals surface area contributed by atoms with Crippen LogP contribution in [-0.4, -0.2) is 35.5 Å². The Labute approximate surface area is 154 Å². The van der Waals surface area contributed by atoms with Crippen molar-refractivity contribution in [3.8, 4) is 0 Å². The fraction of sp³-hybridized carbons (Fsp3) is 0.250. The van der Waals surface area contributed by atoms with Gasteiger partial charge in [0, 0.05) is 36.3 Å². The van der Waals surface area contributed by atoms with Crippen molar-refractivity contribution in [3.63, 3.8) is 0 Å². The van der Waals surface area contributed by atoms with Crippen LogP contribution in [0.4, 0.5) is 0 Å². The van der Waals surface area contributed by atoms with Gasteiger partial charge < -0.3 is 5.11 Å². The maximum atomic E-state index is 13.4. The van der Waals surface area contributed by atoms with Crippen molar-refractivity contribution in [2.75, 3.05) is 6.54 Å². The maximum Gasteiger partial charge on any atom is 0.244 e. The first-order chi connectivity index (χ1) is 12.5. The van der Waals surface area contributed by atoms with E-state index in [4.69, 9.17) is 0 Å². The molecule has 2 aromatic carbocycles. The zero-order valence-electron chi connectivity index (χ0n) is 14.6. The van der Waals surface area contributed by atoms with Gasteiger partial charge in [-0.1, -0.05) is 49.4 Å². The van der Waals surface area contributed by atoms with Crippen LogP contribution in [0.15, 0.2) is 71.9 Å². The first-order valence-electron chi connectivity index (χ1n) is 8.57. The number of hydrogen-bond acceptors (Lipinski definition) is 4. The van der Waals surface area contributed by atoms with Crippen molar-refractivity contribution in [3.05, 3.63) is 72.6 Å². The van der Waals surface area contributed by atoms with Crippen molar-refractivity contribution in [2.24, 2.45) is 0 Å². The number of aliphatic hydroxyl groups is 1. The topological polar surface area (TPSA) is 70.5 Å². The number of aliphatic hydroxyl groups excluding tert-OH is 1. The molecule has 1 aromatic heterocycles. The highest BCUT2D eigenvalue weighted by molar-refractivity contribution is 7.89. The number of nitrogens with zero attached hydrogens (tertiary/aromatic N) is 2. The molecule has 5 nitrogen and oxygen atoms in total. The van der Waals surface area contributed by atoms with Crippen molar-refractivity contribution in [1.82, 2.24) is 9.29 Å². The molecule has 0 aliphatic carbocycles. The van der Waals surface area contributed by atoms with Crippen LogP contribution in [0.5, 0.6) is 0 Å². The lowest BCUT2D eigenvalue weighted by molar-refractivity contribution is 0.140. The molecule has 0 aliphatic heterocycles. The molecule has 6 heteroatoms. The van der Waals surface area contributed by atoms with Gasteiger partial charge in [-0.15, -0.1) is 0 Å². The number of hydrogen-bond donors (Lipinski definition) is 1. The Morgan fingerprint density at radius 2 is 1.85 bits per heavy atom. The third kappa shape index (κ3) is 3.93. The number of sulfonamides is 1. The van der Waals surface area contributed by atoms with Gasteiger partial charge in [-0.2, -0.15) is 4.31 Å². The molecule has 0 spiro atoms. The average Bonchev–Trinajstić information content (AvgIpc) is 2.67. The Kier molecular flexibility index (Phi) is 5.66. The van der Waals surface area contributed by atoms with Crippen LogP contribution in [0.1, 0.15) is 18.9 Å².